The van der Waals surface area contributed by atoms with Crippen LogP contribution in [0.1, 0.15) is 6.42 Å². The fourth-order valence-electron chi connectivity index (χ4n) is 1.07. The zero-order valence-electron chi connectivity index (χ0n) is 9.32. The molecule has 16 heavy (non-hydrogen) atoms. The molecule has 4 nitrogen and oxygen atoms in total. The minimum Gasteiger partial charge on any atom is -0.490 e. The topological polar surface area (TPSA) is 40.6 Å². The van der Waals surface area contributed by atoms with Gasteiger partial charge in [0.15, 0.2) is 10.9 Å². The number of ether oxygens (including phenoxy) is 3. The van der Waals surface area contributed by atoms with E-state index in [9.17, 15) is 0 Å². The van der Waals surface area contributed by atoms with E-state index < -0.39 is 0 Å². The average Bonchev–Trinajstić information content (AvgIpc) is 2.30. The molecule has 90 valence electrons. The van der Waals surface area contributed by atoms with Crippen molar-refractivity contribution in [2.75, 3.05) is 33.5 Å². The summed E-state index contributed by atoms with van der Waals surface area (Å²) < 4.78 is 15.6. The van der Waals surface area contributed by atoms with Gasteiger partial charge in [-0.2, -0.15) is 0 Å². The second-order valence-electron chi connectivity index (χ2n) is 3.10. The zero-order valence-corrected chi connectivity index (χ0v) is 10.1. The summed E-state index contributed by atoms with van der Waals surface area (Å²) in [6, 6.07) is 3.58. The first-order valence-electron chi connectivity index (χ1n) is 5.14. The lowest BCUT2D eigenvalue weighted by atomic mass is 10.4. The van der Waals surface area contributed by atoms with E-state index in [2.05, 4.69) is 4.98 Å². The molecule has 0 N–H and O–H groups in total. The van der Waals surface area contributed by atoms with Crippen LogP contribution in [0.3, 0.4) is 0 Å². The lowest BCUT2D eigenvalue weighted by Gasteiger charge is -2.07. The molecular weight excluding hydrogens is 230 g/mol. The molecule has 0 atom stereocenters. The molecule has 0 saturated carbocycles. The van der Waals surface area contributed by atoms with Gasteiger partial charge in [0, 0.05) is 26.3 Å². The van der Waals surface area contributed by atoms with Crippen LogP contribution in [0.2, 0.25) is 5.15 Å². The Bertz CT molecular complexity index is 296. The van der Waals surface area contributed by atoms with Gasteiger partial charge in [-0.1, -0.05) is 11.6 Å². The van der Waals surface area contributed by atoms with Crippen LogP contribution in [-0.4, -0.2) is 38.5 Å². The molecule has 1 heterocycles. The van der Waals surface area contributed by atoms with Gasteiger partial charge in [0.1, 0.15) is 0 Å². The van der Waals surface area contributed by atoms with Crippen molar-refractivity contribution in [3.05, 3.63) is 23.5 Å². The maximum atomic E-state index is 5.82. The molecule has 1 aromatic rings. The summed E-state index contributed by atoms with van der Waals surface area (Å²) in [5.74, 6) is 0.612. The minimum atomic E-state index is 0.391. The predicted molar refractivity (Wildman–Crippen MR) is 62.1 cm³/mol. The van der Waals surface area contributed by atoms with Crippen molar-refractivity contribution in [3.8, 4) is 5.75 Å². The van der Waals surface area contributed by atoms with Crippen molar-refractivity contribution in [2.24, 2.45) is 0 Å². The number of hydrogen-bond donors (Lipinski definition) is 0. The van der Waals surface area contributed by atoms with E-state index in [4.69, 9.17) is 25.8 Å². The fourth-order valence-corrected chi connectivity index (χ4v) is 1.24. The van der Waals surface area contributed by atoms with Crippen LogP contribution in [0.15, 0.2) is 18.3 Å². The highest BCUT2D eigenvalue weighted by Gasteiger charge is 2.00. The second-order valence-corrected chi connectivity index (χ2v) is 3.46. The summed E-state index contributed by atoms with van der Waals surface area (Å²) in [4.78, 5) is 3.91. The third-order valence-corrected chi connectivity index (χ3v) is 2.13. The summed E-state index contributed by atoms with van der Waals surface area (Å²) >= 11 is 5.82. The van der Waals surface area contributed by atoms with E-state index in [-0.39, 0.29) is 0 Å². The van der Waals surface area contributed by atoms with Crippen molar-refractivity contribution < 1.29 is 14.2 Å². The van der Waals surface area contributed by atoms with Crippen LogP contribution in [-0.2, 0) is 9.47 Å². The molecule has 0 aliphatic rings. The third kappa shape index (κ3) is 5.30. The summed E-state index contributed by atoms with van der Waals surface area (Å²) in [5.41, 5.74) is 0. The van der Waals surface area contributed by atoms with Crippen LogP contribution in [0.5, 0.6) is 5.75 Å². The van der Waals surface area contributed by atoms with E-state index in [1.807, 2.05) is 0 Å². The van der Waals surface area contributed by atoms with Gasteiger partial charge in [0.25, 0.3) is 0 Å². The van der Waals surface area contributed by atoms with E-state index in [0.29, 0.717) is 37.3 Å². The van der Waals surface area contributed by atoms with Crippen LogP contribution >= 0.6 is 11.6 Å². The lowest BCUT2D eigenvalue weighted by molar-refractivity contribution is 0.0644. The van der Waals surface area contributed by atoms with E-state index >= 15 is 0 Å². The van der Waals surface area contributed by atoms with Crippen molar-refractivity contribution in [3.63, 3.8) is 0 Å². The number of pyridine rings is 1. The predicted octanol–water partition coefficient (Wildman–Crippen LogP) is 2.17. The van der Waals surface area contributed by atoms with Gasteiger partial charge in [-0.3, -0.25) is 0 Å². The van der Waals surface area contributed by atoms with Crippen LogP contribution in [0.4, 0.5) is 0 Å². The summed E-state index contributed by atoms with van der Waals surface area (Å²) in [7, 11) is 1.65. The molecule has 0 aliphatic heterocycles. The first kappa shape index (κ1) is 13.2. The third-order valence-electron chi connectivity index (χ3n) is 1.85. The van der Waals surface area contributed by atoms with Gasteiger partial charge in [0.05, 0.1) is 19.8 Å². The Hall–Kier alpha value is -0.840. The molecule has 0 amide bonds. The van der Waals surface area contributed by atoms with E-state index in [1.165, 1.54) is 0 Å². The molecule has 1 rings (SSSR count). The molecule has 0 saturated heterocycles. The van der Waals surface area contributed by atoms with Crippen molar-refractivity contribution >= 4 is 11.6 Å². The van der Waals surface area contributed by atoms with E-state index in [1.54, 1.807) is 25.4 Å². The molecular formula is C11H16ClNO3. The highest BCUT2D eigenvalue weighted by molar-refractivity contribution is 6.30. The van der Waals surface area contributed by atoms with Crippen molar-refractivity contribution in [1.29, 1.82) is 0 Å². The summed E-state index contributed by atoms with van der Waals surface area (Å²) in [6.07, 6.45) is 2.44. The maximum Gasteiger partial charge on any atom is 0.171 e. The Morgan fingerprint density at radius 1 is 1.25 bits per heavy atom. The van der Waals surface area contributed by atoms with Gasteiger partial charge < -0.3 is 14.2 Å². The number of halogens is 1. The molecule has 0 fully saturated rings. The number of nitrogens with zero attached hydrogens (tertiary/aromatic N) is 1. The largest absolute Gasteiger partial charge is 0.490 e. The zero-order chi connectivity index (χ0) is 11.6. The number of rotatable bonds is 8. The van der Waals surface area contributed by atoms with Gasteiger partial charge >= 0.3 is 0 Å². The normalized spacial score (nSPS) is 10.4. The highest BCUT2D eigenvalue weighted by Crippen LogP contribution is 2.20. The smallest absolute Gasteiger partial charge is 0.171 e. The first-order chi connectivity index (χ1) is 7.84. The standard InChI is InChI=1S/C11H16ClNO3/c1-14-8-9-15-6-3-7-16-10-4-2-5-13-11(10)12/h2,4-5H,3,6-9H2,1H3. The van der Waals surface area contributed by atoms with Gasteiger partial charge in [-0.15, -0.1) is 0 Å². The van der Waals surface area contributed by atoms with Crippen LogP contribution in [0.25, 0.3) is 0 Å². The molecule has 0 radical (unpaired) electrons. The lowest BCUT2D eigenvalue weighted by Crippen LogP contribution is -2.07. The Balaban J connectivity index is 2.05. The minimum absolute atomic E-state index is 0.391. The Kier molecular flexibility index (Phi) is 6.88. The fraction of sp³-hybridized carbons (Fsp3) is 0.545. The first-order valence-corrected chi connectivity index (χ1v) is 5.52. The molecule has 0 bridgehead atoms. The number of aromatic nitrogens is 1. The van der Waals surface area contributed by atoms with Gasteiger partial charge in [-0.25, -0.2) is 4.98 Å². The number of methoxy groups -OCH3 is 1. The van der Waals surface area contributed by atoms with Crippen LogP contribution < -0.4 is 4.74 Å². The average molecular weight is 246 g/mol. The van der Waals surface area contributed by atoms with E-state index in [0.717, 1.165) is 6.42 Å². The SMILES string of the molecule is COCCOCCCOc1cccnc1Cl. The molecule has 0 spiro atoms. The number of hydrogen-bond acceptors (Lipinski definition) is 4. The maximum absolute atomic E-state index is 5.82. The quantitative estimate of drug-likeness (QED) is 0.520. The molecule has 0 aliphatic carbocycles. The molecule has 5 heteroatoms. The molecule has 0 unspecified atom stereocenters. The molecule has 1 aromatic heterocycles. The van der Waals surface area contributed by atoms with Crippen molar-refractivity contribution in [2.45, 2.75) is 6.42 Å². The Labute approximate surface area is 100 Å². The van der Waals surface area contributed by atoms with Crippen molar-refractivity contribution in [1.82, 2.24) is 4.98 Å². The van der Waals surface area contributed by atoms with Crippen LogP contribution in [0, 0.1) is 0 Å². The van der Waals surface area contributed by atoms with Gasteiger partial charge in [0.2, 0.25) is 0 Å². The second kappa shape index (κ2) is 8.33. The summed E-state index contributed by atoms with van der Waals surface area (Å²) in [5, 5.41) is 0.391. The van der Waals surface area contributed by atoms with Gasteiger partial charge in [-0.05, 0) is 12.1 Å². The highest BCUT2D eigenvalue weighted by atomic mass is 35.5. The monoisotopic (exact) mass is 245 g/mol. The summed E-state index contributed by atoms with van der Waals surface area (Å²) in [6.45, 7) is 2.46. The Morgan fingerprint density at radius 3 is 2.88 bits per heavy atom. The molecule has 0 aromatic carbocycles. The Morgan fingerprint density at radius 2 is 2.12 bits per heavy atom.